The molecule has 5 aromatic carbocycles. The molecule has 5 rings (SSSR count). The SMILES string of the molecule is Br.Cc1ccccc1P(c1ccccc1)c1ccccc1.N#Cc1ccc2ccccc2c1. The summed E-state index contributed by atoms with van der Waals surface area (Å²) < 4.78 is 0. The van der Waals surface area contributed by atoms with Gasteiger partial charge in [-0.2, -0.15) is 5.26 Å². The van der Waals surface area contributed by atoms with Gasteiger partial charge < -0.3 is 0 Å². The summed E-state index contributed by atoms with van der Waals surface area (Å²) in [5.74, 6) is 0. The van der Waals surface area contributed by atoms with Crippen molar-refractivity contribution in [2.75, 3.05) is 0 Å². The molecule has 3 heteroatoms. The van der Waals surface area contributed by atoms with Crippen molar-refractivity contribution in [3.8, 4) is 6.07 Å². The van der Waals surface area contributed by atoms with E-state index in [0.717, 1.165) is 5.39 Å². The molecule has 0 saturated heterocycles. The Morgan fingerprint density at radius 3 is 1.67 bits per heavy atom. The molecule has 0 bridgehead atoms. The van der Waals surface area contributed by atoms with Crippen LogP contribution in [0.4, 0.5) is 0 Å². The molecule has 0 spiro atoms. The number of halogens is 1. The minimum Gasteiger partial charge on any atom is -0.192 e. The Morgan fingerprint density at radius 2 is 1.09 bits per heavy atom. The molecule has 0 amide bonds. The number of nitriles is 1. The van der Waals surface area contributed by atoms with Gasteiger partial charge in [0.15, 0.2) is 0 Å². The Hall–Kier alpha value is -3.24. The van der Waals surface area contributed by atoms with E-state index >= 15 is 0 Å². The second-order valence-corrected chi connectivity index (χ2v) is 9.65. The third-order valence-electron chi connectivity index (χ3n) is 5.26. The summed E-state index contributed by atoms with van der Waals surface area (Å²) in [4.78, 5) is 0. The topological polar surface area (TPSA) is 23.8 Å². The lowest BCUT2D eigenvalue weighted by Crippen LogP contribution is -2.22. The van der Waals surface area contributed by atoms with Crippen molar-refractivity contribution in [3.63, 3.8) is 0 Å². The van der Waals surface area contributed by atoms with Crippen molar-refractivity contribution in [1.29, 1.82) is 5.26 Å². The van der Waals surface area contributed by atoms with Gasteiger partial charge in [0.1, 0.15) is 0 Å². The fourth-order valence-electron chi connectivity index (χ4n) is 3.65. The molecule has 0 atom stereocenters. The van der Waals surface area contributed by atoms with Crippen molar-refractivity contribution in [3.05, 3.63) is 139 Å². The van der Waals surface area contributed by atoms with E-state index in [1.807, 2.05) is 42.5 Å². The van der Waals surface area contributed by atoms with Crippen LogP contribution in [0.25, 0.3) is 10.8 Å². The molecule has 0 aromatic heterocycles. The predicted octanol–water partition coefficient (Wildman–Crippen LogP) is 7.04. The molecule has 0 saturated carbocycles. The van der Waals surface area contributed by atoms with Crippen LogP contribution in [0.15, 0.2) is 127 Å². The molecule has 0 aliphatic rings. The first-order valence-electron chi connectivity index (χ1n) is 10.6. The standard InChI is InChI=1S/C19H17P.C11H7N.BrH/c1-16-10-8-9-15-19(16)20(17-11-4-2-5-12-17)18-13-6-3-7-14-18;12-8-9-5-6-10-3-1-2-4-11(10)7-9;/h2-15H,1H3;1-7H;1H. The summed E-state index contributed by atoms with van der Waals surface area (Å²) in [5.41, 5.74) is 2.08. The molecular weight excluding hydrogens is 485 g/mol. The number of nitrogens with zero attached hydrogens (tertiary/aromatic N) is 1. The summed E-state index contributed by atoms with van der Waals surface area (Å²) in [5, 5.41) is 15.2. The minimum absolute atomic E-state index is 0. The van der Waals surface area contributed by atoms with Crippen LogP contribution in [-0.4, -0.2) is 0 Å². The second kappa shape index (κ2) is 12.1. The quantitative estimate of drug-likeness (QED) is 0.239. The molecule has 0 radical (unpaired) electrons. The first kappa shape index (κ1) is 24.4. The molecule has 1 nitrogen and oxygen atoms in total. The van der Waals surface area contributed by atoms with E-state index in [-0.39, 0.29) is 17.0 Å². The molecule has 0 heterocycles. The monoisotopic (exact) mass is 509 g/mol. The predicted molar refractivity (Wildman–Crippen MR) is 149 cm³/mol. The normalized spacial score (nSPS) is 9.97. The van der Waals surface area contributed by atoms with Crippen molar-refractivity contribution in [2.24, 2.45) is 0 Å². The first-order chi connectivity index (χ1) is 15.8. The number of fused-ring (bicyclic) bond motifs is 1. The molecule has 0 unspecified atom stereocenters. The Bertz CT molecular complexity index is 1300. The number of hydrogen-bond acceptors (Lipinski definition) is 1. The number of benzene rings is 5. The molecule has 5 aromatic rings. The van der Waals surface area contributed by atoms with Gasteiger partial charge in [0.2, 0.25) is 0 Å². The van der Waals surface area contributed by atoms with Gasteiger partial charge >= 0.3 is 0 Å². The average Bonchev–Trinajstić information content (AvgIpc) is 2.87. The second-order valence-electron chi connectivity index (χ2n) is 7.47. The Kier molecular flexibility index (Phi) is 8.96. The van der Waals surface area contributed by atoms with Crippen LogP contribution in [-0.2, 0) is 0 Å². The highest BCUT2D eigenvalue weighted by molar-refractivity contribution is 8.93. The van der Waals surface area contributed by atoms with Gasteiger partial charge in [-0.05, 0) is 59.2 Å². The van der Waals surface area contributed by atoms with E-state index in [4.69, 9.17) is 5.26 Å². The molecule has 0 aliphatic heterocycles. The van der Waals surface area contributed by atoms with E-state index in [2.05, 4.69) is 97.9 Å². The van der Waals surface area contributed by atoms with E-state index in [9.17, 15) is 0 Å². The smallest absolute Gasteiger partial charge is 0.0991 e. The molecule has 33 heavy (non-hydrogen) atoms. The highest BCUT2D eigenvalue weighted by Crippen LogP contribution is 2.33. The highest BCUT2D eigenvalue weighted by Gasteiger charge is 2.17. The third kappa shape index (κ3) is 6.17. The lowest BCUT2D eigenvalue weighted by molar-refractivity contribution is 1.50. The van der Waals surface area contributed by atoms with Gasteiger partial charge in [0.05, 0.1) is 11.6 Å². The summed E-state index contributed by atoms with van der Waals surface area (Å²) in [6, 6.07) is 46.2. The number of hydrogen-bond donors (Lipinski definition) is 0. The van der Waals surface area contributed by atoms with Crippen molar-refractivity contribution in [2.45, 2.75) is 6.92 Å². The van der Waals surface area contributed by atoms with Gasteiger partial charge in [0, 0.05) is 0 Å². The maximum absolute atomic E-state index is 8.65. The van der Waals surface area contributed by atoms with E-state index in [1.54, 1.807) is 0 Å². The number of aryl methyl sites for hydroxylation is 1. The zero-order chi connectivity index (χ0) is 22.2. The van der Waals surface area contributed by atoms with Crippen LogP contribution in [0.1, 0.15) is 11.1 Å². The molecule has 0 fully saturated rings. The van der Waals surface area contributed by atoms with Gasteiger partial charge in [-0.3, -0.25) is 0 Å². The maximum Gasteiger partial charge on any atom is 0.0991 e. The largest absolute Gasteiger partial charge is 0.192 e. The molecule has 0 N–H and O–H groups in total. The van der Waals surface area contributed by atoms with Crippen LogP contribution in [0, 0.1) is 18.3 Å². The highest BCUT2D eigenvalue weighted by atomic mass is 79.9. The van der Waals surface area contributed by atoms with Crippen molar-refractivity contribution in [1.82, 2.24) is 0 Å². The first-order valence-corrected chi connectivity index (χ1v) is 12.0. The van der Waals surface area contributed by atoms with Crippen molar-refractivity contribution < 1.29 is 0 Å². The Labute approximate surface area is 207 Å². The van der Waals surface area contributed by atoms with Crippen LogP contribution in [0.3, 0.4) is 0 Å². The zero-order valence-electron chi connectivity index (χ0n) is 18.4. The fourth-order valence-corrected chi connectivity index (χ4v) is 6.11. The lowest BCUT2D eigenvalue weighted by atomic mass is 10.1. The van der Waals surface area contributed by atoms with Gasteiger partial charge in [-0.25, -0.2) is 0 Å². The number of rotatable bonds is 3. The Morgan fingerprint density at radius 1 is 0.576 bits per heavy atom. The fraction of sp³-hybridized carbons (Fsp3) is 0.0333. The zero-order valence-corrected chi connectivity index (χ0v) is 21.0. The summed E-state index contributed by atoms with van der Waals surface area (Å²) in [6.45, 7) is 2.20. The average molecular weight is 510 g/mol. The Balaban J connectivity index is 0.000000202. The van der Waals surface area contributed by atoms with Crippen LogP contribution < -0.4 is 15.9 Å². The summed E-state index contributed by atoms with van der Waals surface area (Å²) >= 11 is 0. The van der Waals surface area contributed by atoms with Crippen molar-refractivity contribution >= 4 is 51.6 Å². The van der Waals surface area contributed by atoms with Gasteiger partial charge in [-0.15, -0.1) is 17.0 Å². The summed E-state index contributed by atoms with van der Waals surface area (Å²) in [6.07, 6.45) is 0. The third-order valence-corrected chi connectivity index (χ3v) is 7.88. The molecular formula is C30H25BrNP. The minimum atomic E-state index is -0.467. The van der Waals surface area contributed by atoms with Gasteiger partial charge in [0.25, 0.3) is 0 Å². The van der Waals surface area contributed by atoms with Crippen LogP contribution in [0.2, 0.25) is 0 Å². The van der Waals surface area contributed by atoms with E-state index in [0.29, 0.717) is 5.56 Å². The summed E-state index contributed by atoms with van der Waals surface area (Å²) in [7, 11) is -0.467. The van der Waals surface area contributed by atoms with Crippen LogP contribution in [0.5, 0.6) is 0 Å². The molecule has 0 aliphatic carbocycles. The van der Waals surface area contributed by atoms with E-state index < -0.39 is 7.92 Å². The van der Waals surface area contributed by atoms with Gasteiger partial charge in [-0.1, -0.05) is 115 Å². The molecule has 162 valence electrons. The maximum atomic E-state index is 8.65. The van der Waals surface area contributed by atoms with E-state index in [1.165, 1.54) is 26.9 Å². The van der Waals surface area contributed by atoms with Crippen LogP contribution >= 0.6 is 24.9 Å². The lowest BCUT2D eigenvalue weighted by Gasteiger charge is -2.21.